The van der Waals surface area contributed by atoms with Gasteiger partial charge >= 0.3 is 0 Å². The number of aromatic nitrogens is 2. The molecule has 1 fully saturated rings. The van der Waals surface area contributed by atoms with Crippen molar-refractivity contribution in [3.8, 4) is 5.75 Å². The van der Waals surface area contributed by atoms with Crippen molar-refractivity contribution >= 4 is 22.5 Å². The molecule has 1 amide bonds. The number of para-hydroxylation sites is 1. The molecule has 2 aromatic heterocycles. The van der Waals surface area contributed by atoms with E-state index in [-0.39, 0.29) is 16.9 Å². The minimum absolute atomic E-state index is 0.218. The van der Waals surface area contributed by atoms with Gasteiger partial charge in [-0.25, -0.2) is 4.98 Å². The third-order valence-electron chi connectivity index (χ3n) is 4.45. The van der Waals surface area contributed by atoms with Gasteiger partial charge in [0.1, 0.15) is 17.1 Å². The van der Waals surface area contributed by atoms with E-state index in [1.807, 2.05) is 24.3 Å². The zero-order valence-corrected chi connectivity index (χ0v) is 14.4. The number of amides is 1. The highest BCUT2D eigenvalue weighted by Gasteiger charge is 2.23. The highest BCUT2D eigenvalue weighted by molar-refractivity contribution is 6.04. The average molecular weight is 349 g/mol. The monoisotopic (exact) mass is 349 g/mol. The van der Waals surface area contributed by atoms with Crippen LogP contribution < -0.4 is 15.6 Å². The van der Waals surface area contributed by atoms with Crippen molar-refractivity contribution in [2.75, 3.05) is 11.9 Å². The van der Waals surface area contributed by atoms with Crippen LogP contribution in [-0.2, 0) is 7.05 Å². The molecule has 0 atom stereocenters. The lowest BCUT2D eigenvalue weighted by molar-refractivity contribution is 0.102. The van der Waals surface area contributed by atoms with Crippen molar-refractivity contribution in [3.63, 3.8) is 0 Å². The van der Waals surface area contributed by atoms with Crippen LogP contribution in [0.15, 0.2) is 53.5 Å². The van der Waals surface area contributed by atoms with E-state index < -0.39 is 5.91 Å². The first kappa shape index (κ1) is 16.3. The first-order valence-corrected chi connectivity index (χ1v) is 8.61. The smallest absolute Gasteiger partial charge is 0.274 e. The van der Waals surface area contributed by atoms with Crippen molar-refractivity contribution in [3.05, 3.63) is 64.7 Å². The summed E-state index contributed by atoms with van der Waals surface area (Å²) >= 11 is 0. The van der Waals surface area contributed by atoms with Gasteiger partial charge < -0.3 is 14.6 Å². The first-order chi connectivity index (χ1) is 12.6. The van der Waals surface area contributed by atoms with Crippen molar-refractivity contribution in [2.45, 2.75) is 12.8 Å². The number of ether oxygens (including phenoxy) is 1. The van der Waals surface area contributed by atoms with Gasteiger partial charge in [0.05, 0.1) is 12.1 Å². The number of fused-ring (bicyclic) bond motifs is 1. The van der Waals surface area contributed by atoms with Crippen LogP contribution in [-0.4, -0.2) is 22.1 Å². The highest BCUT2D eigenvalue weighted by atomic mass is 16.5. The fraction of sp³-hybridized carbons (Fsp3) is 0.250. The molecular formula is C20H19N3O3. The number of benzene rings is 1. The van der Waals surface area contributed by atoms with E-state index in [4.69, 9.17) is 4.74 Å². The standard InChI is InChI=1S/C20H19N3O3/c1-23-10-4-7-16(20(23)25)22-19(24)17-11-18(26-12-13-8-9-13)14-5-2-3-6-15(14)21-17/h2-7,10-11,13H,8-9,12H2,1H3,(H,22,24). The van der Waals surface area contributed by atoms with Crippen LogP contribution >= 0.6 is 0 Å². The Balaban J connectivity index is 1.67. The predicted molar refractivity (Wildman–Crippen MR) is 99.6 cm³/mol. The lowest BCUT2D eigenvalue weighted by atomic mass is 10.1. The van der Waals surface area contributed by atoms with Gasteiger partial charge in [0.25, 0.3) is 11.5 Å². The number of carbonyl (C=O) groups is 1. The second-order valence-electron chi connectivity index (χ2n) is 6.57. The summed E-state index contributed by atoms with van der Waals surface area (Å²) in [5.74, 6) is 0.815. The Kier molecular flexibility index (Phi) is 4.16. The number of nitrogens with one attached hydrogen (secondary N) is 1. The zero-order valence-electron chi connectivity index (χ0n) is 14.4. The van der Waals surface area contributed by atoms with Gasteiger partial charge in [-0.1, -0.05) is 12.1 Å². The summed E-state index contributed by atoms with van der Waals surface area (Å²) in [5, 5.41) is 3.52. The maximum absolute atomic E-state index is 12.6. The SMILES string of the molecule is Cn1cccc(NC(=O)c2cc(OCC3CC3)c3ccccc3n2)c1=O. The van der Waals surface area contributed by atoms with Gasteiger partial charge in [-0.3, -0.25) is 9.59 Å². The molecule has 6 heteroatoms. The van der Waals surface area contributed by atoms with Gasteiger partial charge in [0, 0.05) is 24.7 Å². The van der Waals surface area contributed by atoms with Crippen LogP contribution in [0.2, 0.25) is 0 Å². The van der Waals surface area contributed by atoms with E-state index in [9.17, 15) is 9.59 Å². The number of anilines is 1. The molecular weight excluding hydrogens is 330 g/mol. The van der Waals surface area contributed by atoms with Crippen LogP contribution in [0.25, 0.3) is 10.9 Å². The molecule has 6 nitrogen and oxygen atoms in total. The van der Waals surface area contributed by atoms with E-state index in [0.29, 0.717) is 23.8 Å². The first-order valence-electron chi connectivity index (χ1n) is 8.61. The fourth-order valence-corrected chi connectivity index (χ4v) is 2.75. The molecule has 1 aliphatic carbocycles. The molecule has 2 heterocycles. The van der Waals surface area contributed by atoms with E-state index in [1.165, 1.54) is 17.4 Å². The molecule has 1 N–H and O–H groups in total. The van der Waals surface area contributed by atoms with E-state index in [0.717, 1.165) is 5.39 Å². The molecule has 0 radical (unpaired) electrons. The summed E-state index contributed by atoms with van der Waals surface area (Å²) in [6.07, 6.45) is 4.01. The van der Waals surface area contributed by atoms with Gasteiger partial charge in [-0.2, -0.15) is 0 Å². The number of rotatable bonds is 5. The summed E-state index contributed by atoms with van der Waals surface area (Å²) in [7, 11) is 1.64. The second kappa shape index (κ2) is 6.63. The summed E-state index contributed by atoms with van der Waals surface area (Å²) in [6, 6.07) is 12.5. The highest BCUT2D eigenvalue weighted by Crippen LogP contribution is 2.32. The third kappa shape index (κ3) is 3.31. The van der Waals surface area contributed by atoms with Crippen molar-refractivity contribution in [1.29, 1.82) is 0 Å². The van der Waals surface area contributed by atoms with E-state index in [1.54, 1.807) is 31.4 Å². The van der Waals surface area contributed by atoms with E-state index >= 15 is 0 Å². The summed E-state index contributed by atoms with van der Waals surface area (Å²) in [6.45, 7) is 0.647. The lowest BCUT2D eigenvalue weighted by Gasteiger charge is -2.11. The number of carbonyl (C=O) groups excluding carboxylic acids is 1. The Bertz CT molecular complexity index is 1040. The fourth-order valence-electron chi connectivity index (χ4n) is 2.75. The number of nitrogens with zero attached hydrogens (tertiary/aromatic N) is 2. The normalized spacial score (nSPS) is 13.6. The minimum atomic E-state index is -0.435. The van der Waals surface area contributed by atoms with Crippen LogP contribution in [0.5, 0.6) is 5.75 Å². The molecule has 0 aliphatic heterocycles. The molecule has 1 aromatic carbocycles. The number of aryl methyl sites for hydroxylation is 1. The van der Waals surface area contributed by atoms with Crippen molar-refractivity contribution in [1.82, 2.24) is 9.55 Å². The van der Waals surface area contributed by atoms with Crippen molar-refractivity contribution < 1.29 is 9.53 Å². The van der Waals surface area contributed by atoms with Gasteiger partial charge in [0.15, 0.2) is 0 Å². The van der Waals surface area contributed by atoms with Gasteiger partial charge in [-0.15, -0.1) is 0 Å². The molecule has 1 aliphatic rings. The second-order valence-corrected chi connectivity index (χ2v) is 6.57. The maximum Gasteiger partial charge on any atom is 0.274 e. The minimum Gasteiger partial charge on any atom is -0.493 e. The molecule has 0 spiro atoms. The predicted octanol–water partition coefficient (Wildman–Crippen LogP) is 2.97. The van der Waals surface area contributed by atoms with Gasteiger partial charge in [-0.05, 0) is 43.0 Å². The molecule has 0 bridgehead atoms. The Hall–Kier alpha value is -3.15. The number of pyridine rings is 2. The van der Waals surface area contributed by atoms with Crippen molar-refractivity contribution in [2.24, 2.45) is 13.0 Å². The molecule has 1 saturated carbocycles. The Labute approximate surface area is 150 Å². The van der Waals surface area contributed by atoms with Crippen LogP contribution in [0.3, 0.4) is 0 Å². The number of hydrogen-bond donors (Lipinski definition) is 1. The summed E-state index contributed by atoms with van der Waals surface area (Å²) in [5.41, 5.74) is 0.856. The molecule has 4 rings (SSSR count). The lowest BCUT2D eigenvalue weighted by Crippen LogP contribution is -2.24. The molecule has 0 saturated heterocycles. The molecule has 26 heavy (non-hydrogen) atoms. The number of hydrogen-bond acceptors (Lipinski definition) is 4. The maximum atomic E-state index is 12.6. The Morgan fingerprint density at radius 3 is 2.88 bits per heavy atom. The van der Waals surface area contributed by atoms with Crippen LogP contribution in [0.4, 0.5) is 5.69 Å². The molecule has 3 aromatic rings. The summed E-state index contributed by atoms with van der Waals surface area (Å²) < 4.78 is 7.35. The molecule has 0 unspecified atom stereocenters. The third-order valence-corrected chi connectivity index (χ3v) is 4.45. The zero-order chi connectivity index (χ0) is 18.1. The Morgan fingerprint density at radius 1 is 1.27 bits per heavy atom. The van der Waals surface area contributed by atoms with Crippen LogP contribution in [0, 0.1) is 5.92 Å². The van der Waals surface area contributed by atoms with Crippen LogP contribution in [0.1, 0.15) is 23.3 Å². The Morgan fingerprint density at radius 2 is 2.08 bits per heavy atom. The van der Waals surface area contributed by atoms with E-state index in [2.05, 4.69) is 10.3 Å². The quantitative estimate of drug-likeness (QED) is 0.768. The largest absolute Gasteiger partial charge is 0.493 e. The average Bonchev–Trinajstić information content (AvgIpc) is 3.47. The van der Waals surface area contributed by atoms with Gasteiger partial charge in [0.2, 0.25) is 0 Å². The summed E-state index contributed by atoms with van der Waals surface area (Å²) in [4.78, 5) is 29.2. The molecule has 132 valence electrons. The topological polar surface area (TPSA) is 73.2 Å².